The Labute approximate surface area is 298 Å². The molecule has 4 aliphatic rings. The van der Waals surface area contributed by atoms with Gasteiger partial charge in [0.05, 0.1) is 0 Å². The summed E-state index contributed by atoms with van der Waals surface area (Å²) < 4.78 is 14.1. The van der Waals surface area contributed by atoms with Crippen molar-refractivity contribution in [3.05, 3.63) is 192 Å². The Hall–Kier alpha value is -6.32. The van der Waals surface area contributed by atoms with Crippen LogP contribution in [0.2, 0.25) is 0 Å². The topological polar surface area (TPSA) is 21.7 Å². The van der Waals surface area contributed by atoms with E-state index in [9.17, 15) is 0 Å². The largest absolute Gasteiger partial charge is 0.456 e. The summed E-state index contributed by atoms with van der Waals surface area (Å²) in [5.41, 5.74) is 13.9. The van der Waals surface area contributed by atoms with Crippen molar-refractivity contribution in [3.8, 4) is 45.3 Å². The third kappa shape index (κ3) is 4.96. The predicted molar refractivity (Wildman–Crippen MR) is 209 cm³/mol. The van der Waals surface area contributed by atoms with Crippen molar-refractivity contribution in [3.63, 3.8) is 0 Å². The molecule has 0 fully saturated rings. The van der Waals surface area contributed by atoms with E-state index in [1.165, 1.54) is 39.3 Å². The minimum Gasteiger partial charge on any atom is -0.456 e. The van der Waals surface area contributed by atoms with Crippen LogP contribution in [0.3, 0.4) is 0 Å². The van der Waals surface area contributed by atoms with E-state index in [0.717, 1.165) is 70.1 Å². The van der Waals surface area contributed by atoms with Gasteiger partial charge in [-0.2, -0.15) is 0 Å². The number of allylic oxidation sites excluding steroid dienone is 8. The number of rotatable bonds is 3. The number of para-hydroxylation sites is 4. The first-order chi connectivity index (χ1) is 25.3. The summed E-state index contributed by atoms with van der Waals surface area (Å²) in [5.74, 6) is 3.51. The minimum absolute atomic E-state index is 0.292. The molecule has 1 unspecified atom stereocenters. The Kier molecular flexibility index (Phi) is 7.09. The Morgan fingerprint density at radius 1 is 0.549 bits per heavy atom. The van der Waals surface area contributed by atoms with Gasteiger partial charge >= 0.3 is 0 Å². The highest BCUT2D eigenvalue weighted by atomic mass is 16.5. The van der Waals surface area contributed by atoms with Gasteiger partial charge in [0.25, 0.3) is 0 Å². The average molecular weight is 658 g/mol. The molecule has 0 radical (unpaired) electrons. The van der Waals surface area contributed by atoms with Crippen LogP contribution in [-0.4, -0.2) is 0 Å². The van der Waals surface area contributed by atoms with Crippen LogP contribution in [0.5, 0.6) is 23.0 Å². The molecule has 10 rings (SSSR count). The van der Waals surface area contributed by atoms with Crippen molar-refractivity contribution in [2.24, 2.45) is 0 Å². The van der Waals surface area contributed by atoms with Gasteiger partial charge in [0.1, 0.15) is 23.0 Å². The van der Waals surface area contributed by atoms with Crippen LogP contribution in [0.25, 0.3) is 33.4 Å². The molecule has 1 atom stereocenters. The zero-order valence-electron chi connectivity index (χ0n) is 28.1. The second kappa shape index (κ2) is 12.2. The third-order valence-electron chi connectivity index (χ3n) is 10.5. The number of hydrogen-bond acceptors (Lipinski definition) is 3. The molecular formula is C48H35NO2. The fraction of sp³-hybridized carbons (Fsp3) is 0.0833. The van der Waals surface area contributed by atoms with Crippen LogP contribution < -0.4 is 14.4 Å². The molecule has 2 heterocycles. The van der Waals surface area contributed by atoms with E-state index in [1.54, 1.807) is 0 Å². The van der Waals surface area contributed by atoms with Crippen LogP contribution >= 0.6 is 0 Å². The van der Waals surface area contributed by atoms with E-state index in [-0.39, 0.29) is 0 Å². The number of ether oxygens (including phenoxy) is 2. The summed E-state index contributed by atoms with van der Waals surface area (Å²) in [5, 5.41) is 0. The maximum Gasteiger partial charge on any atom is 0.136 e. The van der Waals surface area contributed by atoms with Gasteiger partial charge in [-0.15, -0.1) is 0 Å². The highest BCUT2D eigenvalue weighted by Gasteiger charge is 2.36. The Bertz CT molecular complexity index is 2470. The first kappa shape index (κ1) is 29.6. The molecule has 0 saturated carbocycles. The molecule has 0 saturated heterocycles. The lowest BCUT2D eigenvalue weighted by molar-refractivity contribution is 0.472. The maximum atomic E-state index is 7.16. The van der Waals surface area contributed by atoms with Crippen molar-refractivity contribution in [1.82, 2.24) is 0 Å². The van der Waals surface area contributed by atoms with Crippen LogP contribution in [0.1, 0.15) is 41.9 Å². The van der Waals surface area contributed by atoms with Gasteiger partial charge in [-0.3, -0.25) is 0 Å². The monoisotopic (exact) mass is 657 g/mol. The quantitative estimate of drug-likeness (QED) is 0.189. The Morgan fingerprint density at radius 2 is 1.16 bits per heavy atom. The number of anilines is 2. The van der Waals surface area contributed by atoms with Crippen molar-refractivity contribution >= 4 is 22.5 Å². The third-order valence-corrected chi connectivity index (χ3v) is 10.5. The SMILES string of the molecule is C1=CCCC(c2cccc3c2-c2ccccc2Oc2ccccc2-c2c(cccc2C2=CCC4C(=C2)N(c2ccccc2)c2ccccc24)O3)=C1. The molecule has 244 valence electrons. The Morgan fingerprint density at radius 3 is 1.90 bits per heavy atom. The van der Waals surface area contributed by atoms with Crippen LogP contribution in [-0.2, 0) is 0 Å². The van der Waals surface area contributed by atoms with Gasteiger partial charge in [0, 0.05) is 45.2 Å². The number of nitrogens with zero attached hydrogens (tertiary/aromatic N) is 1. The van der Waals surface area contributed by atoms with Gasteiger partial charge in [-0.1, -0.05) is 121 Å². The van der Waals surface area contributed by atoms with Crippen molar-refractivity contribution in [2.75, 3.05) is 4.90 Å². The fourth-order valence-corrected chi connectivity index (χ4v) is 8.25. The smallest absolute Gasteiger partial charge is 0.136 e. The van der Waals surface area contributed by atoms with Crippen LogP contribution in [0.4, 0.5) is 11.4 Å². The van der Waals surface area contributed by atoms with Gasteiger partial charge in [0.2, 0.25) is 0 Å². The molecule has 0 aromatic heterocycles. The summed E-state index contributed by atoms with van der Waals surface area (Å²) in [7, 11) is 0. The maximum absolute atomic E-state index is 7.16. The van der Waals surface area contributed by atoms with Crippen molar-refractivity contribution < 1.29 is 9.47 Å². The average Bonchev–Trinajstić information content (AvgIpc) is 3.53. The van der Waals surface area contributed by atoms with Gasteiger partial charge in [0.15, 0.2) is 0 Å². The van der Waals surface area contributed by atoms with Gasteiger partial charge in [-0.05, 0) is 95.6 Å². The van der Waals surface area contributed by atoms with Gasteiger partial charge in [-0.25, -0.2) is 0 Å². The van der Waals surface area contributed by atoms with E-state index < -0.39 is 0 Å². The molecule has 3 nitrogen and oxygen atoms in total. The Balaban J connectivity index is 1.18. The first-order valence-electron chi connectivity index (χ1n) is 17.8. The lowest BCUT2D eigenvalue weighted by Gasteiger charge is -2.28. The van der Waals surface area contributed by atoms with E-state index >= 15 is 0 Å². The minimum atomic E-state index is 0.292. The highest BCUT2D eigenvalue weighted by Crippen LogP contribution is 2.54. The van der Waals surface area contributed by atoms with Crippen LogP contribution in [0.15, 0.2) is 176 Å². The zero-order valence-corrected chi connectivity index (χ0v) is 28.1. The number of hydrogen-bond donors (Lipinski definition) is 0. The zero-order chi connectivity index (χ0) is 33.7. The molecule has 6 aromatic carbocycles. The lowest BCUT2D eigenvalue weighted by Crippen LogP contribution is -2.15. The van der Waals surface area contributed by atoms with E-state index in [2.05, 4.69) is 169 Å². The molecule has 51 heavy (non-hydrogen) atoms. The predicted octanol–water partition coefficient (Wildman–Crippen LogP) is 13.3. The van der Waals surface area contributed by atoms with E-state index in [4.69, 9.17) is 9.47 Å². The summed E-state index contributed by atoms with van der Waals surface area (Å²) in [6, 6.07) is 49.2. The second-order valence-corrected chi connectivity index (χ2v) is 13.5. The number of benzene rings is 6. The standard InChI is InChI=1S/C48H35NO2/c1-3-15-32(16-4-1)35-22-13-27-45-47(35)39-20-8-11-25-43(39)50-44-26-12-9-21-40(44)48-36(23-14-28-46(48)51-45)33-29-30-38-37-19-7-10-24-41(37)49(42(38)31-33)34-17-5-2-6-18-34/h1-3,5-15,17-29,31,38H,4,16,30H2. The van der Waals surface area contributed by atoms with Crippen molar-refractivity contribution in [1.29, 1.82) is 0 Å². The molecule has 0 N–H and O–H groups in total. The molecule has 2 aliphatic carbocycles. The molecule has 6 aromatic rings. The van der Waals surface area contributed by atoms with Crippen LogP contribution in [0, 0.1) is 0 Å². The molecule has 0 amide bonds. The lowest BCUT2D eigenvalue weighted by atomic mass is 9.85. The van der Waals surface area contributed by atoms with E-state index in [1.807, 2.05) is 6.07 Å². The van der Waals surface area contributed by atoms with E-state index in [0.29, 0.717) is 5.92 Å². The first-order valence-corrected chi connectivity index (χ1v) is 17.8. The summed E-state index contributed by atoms with van der Waals surface area (Å²) in [6.45, 7) is 0. The van der Waals surface area contributed by atoms with Gasteiger partial charge < -0.3 is 14.4 Å². The molecule has 3 heteroatoms. The van der Waals surface area contributed by atoms with Crippen molar-refractivity contribution in [2.45, 2.75) is 25.2 Å². The summed E-state index contributed by atoms with van der Waals surface area (Å²) in [6.07, 6.45) is 14.3. The normalized spacial score (nSPS) is 16.7. The molecule has 0 bridgehead atoms. The fourth-order valence-electron chi connectivity index (χ4n) is 8.25. The molecule has 0 spiro atoms. The number of fused-ring (bicyclic) bond motifs is 9. The molecule has 2 aliphatic heterocycles. The summed E-state index contributed by atoms with van der Waals surface area (Å²) >= 11 is 0. The second-order valence-electron chi connectivity index (χ2n) is 13.5. The highest BCUT2D eigenvalue weighted by molar-refractivity contribution is 5.95. The molecular weight excluding hydrogens is 623 g/mol. The summed E-state index contributed by atoms with van der Waals surface area (Å²) in [4.78, 5) is 2.44.